The molecule has 1 N–H and O–H groups in total. The minimum atomic E-state index is -1.77. The van der Waals surface area contributed by atoms with Crippen molar-refractivity contribution >= 4 is 53.7 Å². The van der Waals surface area contributed by atoms with Crippen LogP contribution in [0.2, 0.25) is 0 Å². The van der Waals surface area contributed by atoms with Crippen LogP contribution in [0.5, 0.6) is 0 Å². The molecule has 0 bridgehead atoms. The summed E-state index contributed by atoms with van der Waals surface area (Å²) in [6.45, 7) is 10.3. The normalized spacial score (nSPS) is 30.6. The van der Waals surface area contributed by atoms with Crippen molar-refractivity contribution in [2.45, 2.75) is 200 Å². The number of carbonyl (C=O) groups is 9. The van der Waals surface area contributed by atoms with Crippen LogP contribution in [-0.2, 0) is 114 Å². The SMILES string of the molecule is CCCCCCCCO[C@@H]1O[C@H](CO[C@@H]2O[C@H](COC(C)=O)[C@@H](OC(C)=O)[C@H](OC)[C@@H]2O[C@@H]2O[C@H](COC(C)=O)[C@@H](OC(C)=O)[C@H](OC(C)=O)[C@H]2NC(C)=O)[C@@H](OC(C)=O)[C@H](OC(C)=O)[C@H]1OC(C)=O. The Bertz CT molecular complexity index is 1780. The number of unbranched alkanes of at least 4 members (excludes halogenated alkanes) is 5. The first-order valence-corrected chi connectivity index (χ1v) is 23.0. The highest BCUT2D eigenvalue weighted by atomic mass is 16.8. The molecular weight excluding hydrogens is 938 g/mol. The summed E-state index contributed by atoms with van der Waals surface area (Å²) < 4.78 is 88.1. The van der Waals surface area contributed by atoms with Crippen LogP contribution in [-0.4, -0.2) is 179 Å². The Morgan fingerprint density at radius 2 is 0.814 bits per heavy atom. The maximum absolute atomic E-state index is 12.8. The van der Waals surface area contributed by atoms with Crippen molar-refractivity contribution in [2.75, 3.05) is 33.5 Å². The van der Waals surface area contributed by atoms with E-state index < -0.39 is 166 Å². The van der Waals surface area contributed by atoms with Gasteiger partial charge in [0.1, 0.15) is 49.8 Å². The summed E-state index contributed by atoms with van der Waals surface area (Å²) in [6, 6.07) is -1.52. The van der Waals surface area contributed by atoms with Gasteiger partial charge in [-0.05, 0) is 6.42 Å². The summed E-state index contributed by atoms with van der Waals surface area (Å²) in [7, 11) is 1.21. The van der Waals surface area contributed by atoms with Crippen molar-refractivity contribution in [2.24, 2.45) is 0 Å². The lowest BCUT2D eigenvalue weighted by molar-refractivity contribution is -0.365. The van der Waals surface area contributed by atoms with Gasteiger partial charge in [-0.15, -0.1) is 0 Å². The topological polar surface area (TPSA) is 304 Å². The summed E-state index contributed by atoms with van der Waals surface area (Å²) in [6.07, 6.45) is -15.8. The molecule has 1 amide bonds. The molecule has 398 valence electrons. The molecule has 3 saturated heterocycles. The molecule has 0 aliphatic carbocycles. The van der Waals surface area contributed by atoms with Gasteiger partial charge >= 0.3 is 47.8 Å². The number of ether oxygens (including phenoxy) is 15. The smallest absolute Gasteiger partial charge is 0.303 e. The Hall–Kier alpha value is -5.05. The van der Waals surface area contributed by atoms with Crippen LogP contribution in [0.25, 0.3) is 0 Å². The maximum Gasteiger partial charge on any atom is 0.303 e. The number of carbonyl (C=O) groups excluding carboxylic acids is 9. The quantitative estimate of drug-likeness (QED) is 0.0762. The summed E-state index contributed by atoms with van der Waals surface area (Å²) in [5.74, 6) is -7.31. The van der Waals surface area contributed by atoms with Crippen LogP contribution in [0.3, 0.4) is 0 Å². The number of methoxy groups -OCH3 is 1. The molecule has 0 saturated carbocycles. The van der Waals surface area contributed by atoms with Gasteiger partial charge in [-0.1, -0.05) is 39.0 Å². The van der Waals surface area contributed by atoms with E-state index in [-0.39, 0.29) is 6.61 Å². The third-order valence-corrected chi connectivity index (χ3v) is 10.7. The molecule has 0 aromatic rings. The van der Waals surface area contributed by atoms with Gasteiger partial charge in [0.05, 0.1) is 6.61 Å². The van der Waals surface area contributed by atoms with Crippen LogP contribution in [0.15, 0.2) is 0 Å². The predicted molar refractivity (Wildman–Crippen MR) is 231 cm³/mol. The first-order valence-electron chi connectivity index (χ1n) is 23.0. The second kappa shape index (κ2) is 29.3. The van der Waals surface area contributed by atoms with Gasteiger partial charge < -0.3 is 76.4 Å². The van der Waals surface area contributed by atoms with E-state index in [1.807, 2.05) is 0 Å². The lowest BCUT2D eigenvalue weighted by Gasteiger charge is -2.49. The maximum atomic E-state index is 12.8. The zero-order valence-corrected chi connectivity index (χ0v) is 41.5. The molecule has 3 rings (SSSR count). The van der Waals surface area contributed by atoms with Crippen molar-refractivity contribution in [1.29, 1.82) is 0 Å². The van der Waals surface area contributed by atoms with Crippen molar-refractivity contribution in [3.05, 3.63) is 0 Å². The van der Waals surface area contributed by atoms with Crippen LogP contribution in [0.1, 0.15) is 108 Å². The van der Waals surface area contributed by atoms with Gasteiger partial charge in [-0.2, -0.15) is 0 Å². The zero-order chi connectivity index (χ0) is 52.2. The van der Waals surface area contributed by atoms with Crippen molar-refractivity contribution in [1.82, 2.24) is 5.32 Å². The molecule has 25 heteroatoms. The highest BCUT2D eigenvalue weighted by molar-refractivity contribution is 5.74. The molecule has 0 unspecified atom stereocenters. The van der Waals surface area contributed by atoms with E-state index in [0.29, 0.717) is 6.42 Å². The third-order valence-electron chi connectivity index (χ3n) is 10.7. The third kappa shape index (κ3) is 18.9. The monoisotopic (exact) mass is 1010 g/mol. The van der Waals surface area contributed by atoms with Crippen molar-refractivity contribution in [3.63, 3.8) is 0 Å². The van der Waals surface area contributed by atoms with Gasteiger partial charge in [0, 0.05) is 76.0 Å². The van der Waals surface area contributed by atoms with E-state index in [1.54, 1.807) is 0 Å². The Balaban J connectivity index is 2.20. The van der Waals surface area contributed by atoms with Crippen LogP contribution in [0, 0.1) is 0 Å². The molecular formula is C45H69NO24. The van der Waals surface area contributed by atoms with E-state index in [1.165, 1.54) is 7.11 Å². The fourth-order valence-corrected chi connectivity index (χ4v) is 8.05. The first-order chi connectivity index (χ1) is 33.1. The van der Waals surface area contributed by atoms with Crippen LogP contribution in [0.4, 0.5) is 0 Å². The first kappa shape index (κ1) is 59.3. The summed E-state index contributed by atoms with van der Waals surface area (Å²) >= 11 is 0. The molecule has 15 atom stereocenters. The lowest BCUT2D eigenvalue weighted by atomic mass is 9.94. The molecule has 0 radical (unpaired) electrons. The summed E-state index contributed by atoms with van der Waals surface area (Å²) in [4.78, 5) is 112. The number of esters is 8. The number of amides is 1. The van der Waals surface area contributed by atoms with Gasteiger partial charge in [0.15, 0.2) is 55.5 Å². The van der Waals surface area contributed by atoms with Gasteiger partial charge in [-0.25, -0.2) is 0 Å². The standard InChI is InChI=1S/C45H69NO24/c1-12-13-14-15-16-17-18-57-44-42(66-30(10)55)40(65-29(9)54)37(63-27(7)52)33(68-44)21-60-45-41(39(56-11)36(62-26(6)51)32(69-45)20-59-24(4)49)70-43-34(46-22(2)47)38(64-28(8)53)35(61-25(5)50)31(67-43)19-58-23(3)48/h31-45H,12-21H2,1-11H3,(H,46,47)/t31-,32-,33-,34-,35-,36-,37-,38-,39+,40+,41+,42-,43+,44-,45-/m1/s1. The lowest BCUT2D eigenvalue weighted by Crippen LogP contribution is -2.69. The Morgan fingerprint density at radius 3 is 1.29 bits per heavy atom. The Morgan fingerprint density at radius 1 is 0.414 bits per heavy atom. The number of rotatable bonds is 25. The van der Waals surface area contributed by atoms with E-state index in [0.717, 1.165) is 94.4 Å². The molecule has 0 aromatic carbocycles. The fourth-order valence-electron chi connectivity index (χ4n) is 8.05. The molecule has 3 heterocycles. The van der Waals surface area contributed by atoms with E-state index >= 15 is 0 Å². The Labute approximate surface area is 405 Å². The van der Waals surface area contributed by atoms with Crippen molar-refractivity contribution in [3.8, 4) is 0 Å². The van der Waals surface area contributed by atoms with Gasteiger partial charge in [-0.3, -0.25) is 43.2 Å². The Kier molecular flexibility index (Phi) is 24.8. The number of hydrogen-bond donors (Lipinski definition) is 1. The van der Waals surface area contributed by atoms with E-state index in [2.05, 4.69) is 12.2 Å². The second-order valence-corrected chi connectivity index (χ2v) is 16.7. The molecule has 0 aromatic heterocycles. The van der Waals surface area contributed by atoms with Crippen LogP contribution >= 0.6 is 0 Å². The summed E-state index contributed by atoms with van der Waals surface area (Å²) in [5, 5.41) is 2.59. The number of nitrogens with one attached hydrogen (secondary N) is 1. The predicted octanol–water partition coefficient (Wildman–Crippen LogP) is 1.18. The molecule has 3 fully saturated rings. The zero-order valence-electron chi connectivity index (χ0n) is 41.5. The minimum absolute atomic E-state index is 0.113. The largest absolute Gasteiger partial charge is 0.463 e. The van der Waals surface area contributed by atoms with Gasteiger partial charge in [0.2, 0.25) is 5.91 Å². The molecule has 25 nitrogen and oxygen atoms in total. The van der Waals surface area contributed by atoms with Crippen LogP contribution < -0.4 is 5.32 Å². The van der Waals surface area contributed by atoms with E-state index in [4.69, 9.17) is 71.1 Å². The molecule has 3 aliphatic heterocycles. The minimum Gasteiger partial charge on any atom is -0.463 e. The molecule has 70 heavy (non-hydrogen) atoms. The second-order valence-electron chi connectivity index (χ2n) is 16.7. The highest BCUT2D eigenvalue weighted by Crippen LogP contribution is 2.36. The average molecular weight is 1010 g/mol. The van der Waals surface area contributed by atoms with E-state index in [9.17, 15) is 43.2 Å². The average Bonchev–Trinajstić information content (AvgIpc) is 3.24. The molecule has 0 spiro atoms. The fraction of sp³-hybridized carbons (Fsp3) is 0.800. The summed E-state index contributed by atoms with van der Waals surface area (Å²) in [5.41, 5.74) is 0. The highest BCUT2D eigenvalue weighted by Gasteiger charge is 2.57. The molecule has 3 aliphatic rings. The number of hydrogen-bond acceptors (Lipinski definition) is 24. The van der Waals surface area contributed by atoms with Crippen molar-refractivity contribution < 1.29 is 114 Å². The van der Waals surface area contributed by atoms with Gasteiger partial charge in [0.25, 0.3) is 0 Å².